The molecule has 3 N–H and O–H groups in total. The summed E-state index contributed by atoms with van der Waals surface area (Å²) < 4.78 is 5.07. The molecule has 0 atom stereocenters. The van der Waals surface area contributed by atoms with E-state index in [1.54, 1.807) is 7.11 Å². The number of halogens is 1. The summed E-state index contributed by atoms with van der Waals surface area (Å²) in [7, 11) is 3.83. The zero-order valence-electron chi connectivity index (χ0n) is 17.4. The lowest BCUT2D eigenvalue weighted by Gasteiger charge is -2.22. The number of carbonyl (C=O) groups is 1. The Hall–Kier alpha value is -0.610. The van der Waals surface area contributed by atoms with Gasteiger partial charge in [0.05, 0.1) is 6.54 Å². The lowest BCUT2D eigenvalue weighted by Crippen LogP contribution is -2.41. The zero-order chi connectivity index (χ0) is 19.0. The molecule has 0 radical (unpaired) electrons. The van der Waals surface area contributed by atoms with Crippen LogP contribution in [0.5, 0.6) is 0 Å². The quantitative estimate of drug-likeness (QED) is 0.166. The lowest BCUT2D eigenvalue weighted by atomic mass is 9.95. The van der Waals surface area contributed by atoms with Crippen LogP contribution in [0.1, 0.15) is 51.9 Å². The average Bonchev–Trinajstić information content (AvgIpc) is 2.63. The second kappa shape index (κ2) is 17.5. The lowest BCUT2D eigenvalue weighted by molar-refractivity contribution is -0.121. The molecular formula is C19H40IN5O2. The van der Waals surface area contributed by atoms with Crippen molar-refractivity contribution in [2.24, 2.45) is 4.99 Å². The van der Waals surface area contributed by atoms with Crippen molar-refractivity contribution in [2.75, 3.05) is 53.5 Å². The molecule has 0 aromatic heterocycles. The highest BCUT2D eigenvalue weighted by molar-refractivity contribution is 14.0. The monoisotopic (exact) mass is 497 g/mol. The highest BCUT2D eigenvalue weighted by atomic mass is 127. The van der Waals surface area contributed by atoms with Crippen LogP contribution in [0.4, 0.5) is 0 Å². The van der Waals surface area contributed by atoms with Crippen LogP contribution in [0.3, 0.4) is 0 Å². The Morgan fingerprint density at radius 3 is 2.59 bits per heavy atom. The molecule has 1 aliphatic rings. The van der Waals surface area contributed by atoms with Crippen molar-refractivity contribution in [3.63, 3.8) is 0 Å². The van der Waals surface area contributed by atoms with E-state index in [2.05, 4.69) is 32.9 Å². The summed E-state index contributed by atoms with van der Waals surface area (Å²) in [6, 6.07) is 0.381. The Balaban J connectivity index is 0.00000676. The molecule has 0 saturated heterocycles. The predicted octanol–water partition coefficient (Wildman–Crippen LogP) is 1.97. The molecule has 1 amide bonds. The van der Waals surface area contributed by atoms with Crippen molar-refractivity contribution in [3.05, 3.63) is 0 Å². The largest absolute Gasteiger partial charge is 0.385 e. The topological polar surface area (TPSA) is 78.0 Å². The van der Waals surface area contributed by atoms with Gasteiger partial charge in [-0.3, -0.25) is 9.79 Å². The third-order valence-electron chi connectivity index (χ3n) is 4.60. The van der Waals surface area contributed by atoms with Crippen molar-refractivity contribution < 1.29 is 9.53 Å². The first kappa shape index (κ1) is 26.4. The van der Waals surface area contributed by atoms with Gasteiger partial charge in [-0.05, 0) is 33.2 Å². The highest BCUT2D eigenvalue weighted by Crippen LogP contribution is 2.17. The standard InChI is InChI=1S/C19H39N5O2.HI/c1-4-20-19(22-13-15-24(2)14-8-16-26-3)21-12-11-18(25)23-17-9-6-5-7-10-17;/h17H,4-16H2,1-3H3,(H,23,25)(H2,20,21,22);1H. The molecule has 160 valence electrons. The van der Waals surface area contributed by atoms with Crippen LogP contribution < -0.4 is 16.0 Å². The number of methoxy groups -OCH3 is 1. The summed E-state index contributed by atoms with van der Waals surface area (Å²) in [6.45, 7) is 6.90. The number of hydrogen-bond donors (Lipinski definition) is 3. The van der Waals surface area contributed by atoms with Crippen LogP contribution in [0.25, 0.3) is 0 Å². The van der Waals surface area contributed by atoms with Crippen LogP contribution in [0.15, 0.2) is 4.99 Å². The van der Waals surface area contributed by atoms with Gasteiger partial charge in [0.2, 0.25) is 5.91 Å². The number of carbonyl (C=O) groups excluding carboxylic acids is 1. The number of ether oxygens (including phenoxy) is 1. The Kier molecular flexibility index (Phi) is 17.1. The Bertz CT molecular complexity index is 404. The maximum atomic E-state index is 12.1. The molecule has 7 nitrogen and oxygen atoms in total. The third kappa shape index (κ3) is 14.1. The summed E-state index contributed by atoms with van der Waals surface area (Å²) in [5, 5.41) is 9.64. The minimum atomic E-state index is 0. The van der Waals surface area contributed by atoms with Gasteiger partial charge in [0.1, 0.15) is 0 Å². The van der Waals surface area contributed by atoms with Crippen LogP contribution >= 0.6 is 24.0 Å². The van der Waals surface area contributed by atoms with Gasteiger partial charge in [-0.25, -0.2) is 0 Å². The van der Waals surface area contributed by atoms with Gasteiger partial charge < -0.3 is 25.6 Å². The minimum Gasteiger partial charge on any atom is -0.385 e. The predicted molar refractivity (Wildman–Crippen MR) is 123 cm³/mol. The summed E-state index contributed by atoms with van der Waals surface area (Å²) in [5.41, 5.74) is 0. The molecule has 0 aromatic carbocycles. The Morgan fingerprint density at radius 1 is 1.19 bits per heavy atom. The first-order valence-corrected chi connectivity index (χ1v) is 10.1. The van der Waals surface area contributed by atoms with Gasteiger partial charge in [-0.15, -0.1) is 24.0 Å². The second-order valence-corrected chi connectivity index (χ2v) is 6.99. The number of likely N-dealkylation sites (N-methyl/N-ethyl adjacent to an activating group) is 1. The minimum absolute atomic E-state index is 0. The van der Waals surface area contributed by atoms with Crippen molar-refractivity contribution in [2.45, 2.75) is 57.9 Å². The first-order chi connectivity index (χ1) is 12.7. The molecule has 1 aliphatic carbocycles. The molecule has 0 bridgehead atoms. The number of nitrogens with zero attached hydrogens (tertiary/aromatic N) is 2. The van der Waals surface area contributed by atoms with E-state index in [4.69, 9.17) is 4.74 Å². The van der Waals surface area contributed by atoms with Gasteiger partial charge in [0.15, 0.2) is 5.96 Å². The zero-order valence-corrected chi connectivity index (χ0v) is 19.7. The Labute approximate surface area is 182 Å². The SMILES string of the molecule is CCNC(=NCCN(C)CCCOC)NCCC(=O)NC1CCCCC1.I. The number of aliphatic imine (C=N–C) groups is 1. The summed E-state index contributed by atoms with van der Waals surface area (Å²) in [6.07, 6.45) is 7.55. The van der Waals surface area contributed by atoms with Crippen LogP contribution in [0.2, 0.25) is 0 Å². The number of nitrogens with one attached hydrogen (secondary N) is 3. The average molecular weight is 497 g/mol. The number of rotatable bonds is 12. The van der Waals surface area contributed by atoms with Gasteiger partial charge >= 0.3 is 0 Å². The van der Waals surface area contributed by atoms with Crippen molar-refractivity contribution >= 4 is 35.8 Å². The number of hydrogen-bond acceptors (Lipinski definition) is 4. The molecule has 0 aromatic rings. The molecule has 0 unspecified atom stereocenters. The molecule has 0 heterocycles. The van der Waals surface area contributed by atoms with Crippen LogP contribution in [0, 0.1) is 0 Å². The smallest absolute Gasteiger partial charge is 0.221 e. The normalized spacial score (nSPS) is 15.3. The molecule has 1 saturated carbocycles. The summed E-state index contributed by atoms with van der Waals surface area (Å²) >= 11 is 0. The van der Waals surface area contributed by atoms with E-state index >= 15 is 0 Å². The van der Waals surface area contributed by atoms with Gasteiger partial charge in [0, 0.05) is 52.4 Å². The molecule has 1 fully saturated rings. The second-order valence-electron chi connectivity index (χ2n) is 6.99. The number of guanidine groups is 1. The van der Waals surface area contributed by atoms with E-state index in [0.29, 0.717) is 19.0 Å². The molecule has 1 rings (SSSR count). The highest BCUT2D eigenvalue weighted by Gasteiger charge is 2.15. The summed E-state index contributed by atoms with van der Waals surface area (Å²) in [5.74, 6) is 0.918. The van der Waals surface area contributed by atoms with E-state index in [1.165, 1.54) is 19.3 Å². The Morgan fingerprint density at radius 2 is 1.93 bits per heavy atom. The van der Waals surface area contributed by atoms with Crippen molar-refractivity contribution in [3.8, 4) is 0 Å². The van der Waals surface area contributed by atoms with E-state index < -0.39 is 0 Å². The molecule has 0 aliphatic heterocycles. The third-order valence-corrected chi connectivity index (χ3v) is 4.60. The van der Waals surface area contributed by atoms with E-state index in [-0.39, 0.29) is 29.9 Å². The van der Waals surface area contributed by atoms with Gasteiger partial charge in [-0.1, -0.05) is 19.3 Å². The van der Waals surface area contributed by atoms with Crippen LogP contribution in [-0.2, 0) is 9.53 Å². The number of amides is 1. The van der Waals surface area contributed by atoms with Crippen molar-refractivity contribution in [1.82, 2.24) is 20.9 Å². The fourth-order valence-electron chi connectivity index (χ4n) is 3.11. The molecule has 27 heavy (non-hydrogen) atoms. The maximum absolute atomic E-state index is 12.1. The van der Waals surface area contributed by atoms with E-state index in [0.717, 1.165) is 58.0 Å². The maximum Gasteiger partial charge on any atom is 0.221 e. The molecular weight excluding hydrogens is 457 g/mol. The van der Waals surface area contributed by atoms with Crippen molar-refractivity contribution in [1.29, 1.82) is 0 Å². The van der Waals surface area contributed by atoms with E-state index in [1.807, 2.05) is 6.92 Å². The molecule has 0 spiro atoms. The van der Waals surface area contributed by atoms with Crippen LogP contribution in [-0.4, -0.2) is 76.3 Å². The molecule has 8 heteroatoms. The van der Waals surface area contributed by atoms with Gasteiger partial charge in [0.25, 0.3) is 0 Å². The first-order valence-electron chi connectivity index (χ1n) is 10.1. The fourth-order valence-corrected chi connectivity index (χ4v) is 3.11. The fraction of sp³-hybridized carbons (Fsp3) is 0.895. The summed E-state index contributed by atoms with van der Waals surface area (Å²) in [4.78, 5) is 18.9. The van der Waals surface area contributed by atoms with E-state index in [9.17, 15) is 4.79 Å². The van der Waals surface area contributed by atoms with Gasteiger partial charge in [-0.2, -0.15) is 0 Å².